The fourth-order valence-corrected chi connectivity index (χ4v) is 1.37. The zero-order chi connectivity index (χ0) is 12.8. The van der Waals surface area contributed by atoms with Crippen LogP contribution >= 0.6 is 0 Å². The van der Waals surface area contributed by atoms with Crippen LogP contribution in [-0.2, 0) is 9.53 Å². The Labute approximate surface area is 100 Å². The van der Waals surface area contributed by atoms with Gasteiger partial charge in [0.1, 0.15) is 11.6 Å². The molecular formula is C13H27NO2. The minimum atomic E-state index is -0.393. The van der Waals surface area contributed by atoms with Crippen molar-refractivity contribution in [2.75, 3.05) is 13.6 Å². The summed E-state index contributed by atoms with van der Waals surface area (Å²) < 4.78 is 5.35. The van der Waals surface area contributed by atoms with Gasteiger partial charge in [0.15, 0.2) is 0 Å². The predicted molar refractivity (Wildman–Crippen MR) is 67.5 cm³/mol. The van der Waals surface area contributed by atoms with Crippen molar-refractivity contribution in [2.45, 2.75) is 65.5 Å². The topological polar surface area (TPSA) is 29.5 Å². The van der Waals surface area contributed by atoms with E-state index in [1.807, 2.05) is 34.7 Å². The Hall–Kier alpha value is -0.570. The molecule has 0 fully saturated rings. The summed E-state index contributed by atoms with van der Waals surface area (Å²) in [6.45, 7) is 10.7. The molecule has 96 valence electrons. The molecule has 3 heteroatoms. The number of rotatable bonds is 6. The van der Waals surface area contributed by atoms with E-state index < -0.39 is 5.60 Å². The van der Waals surface area contributed by atoms with Crippen molar-refractivity contribution in [3.63, 3.8) is 0 Å². The van der Waals surface area contributed by atoms with Gasteiger partial charge in [-0.1, -0.05) is 19.8 Å². The number of carbonyl (C=O) groups excluding carboxylic acids is 1. The van der Waals surface area contributed by atoms with Gasteiger partial charge in [-0.3, -0.25) is 9.69 Å². The van der Waals surface area contributed by atoms with E-state index in [1.54, 1.807) is 0 Å². The molecule has 0 radical (unpaired) electrons. The quantitative estimate of drug-likeness (QED) is 0.518. The second kappa shape index (κ2) is 6.89. The third-order valence-corrected chi connectivity index (χ3v) is 2.52. The zero-order valence-electron chi connectivity index (χ0n) is 11.7. The highest BCUT2D eigenvalue weighted by Crippen LogP contribution is 2.11. The van der Waals surface area contributed by atoms with Gasteiger partial charge in [-0.15, -0.1) is 0 Å². The van der Waals surface area contributed by atoms with E-state index in [1.165, 1.54) is 12.8 Å². The maximum Gasteiger partial charge on any atom is 0.323 e. The SMILES string of the molecule is CCCCCN(C)C(C)C(=O)OC(C)(C)C. The van der Waals surface area contributed by atoms with E-state index in [4.69, 9.17) is 4.74 Å². The molecule has 0 aliphatic heterocycles. The van der Waals surface area contributed by atoms with Crippen LogP contribution in [0.3, 0.4) is 0 Å². The normalized spacial score (nSPS) is 13.9. The van der Waals surface area contributed by atoms with Gasteiger partial charge in [-0.2, -0.15) is 0 Å². The van der Waals surface area contributed by atoms with Crippen molar-refractivity contribution in [1.82, 2.24) is 4.90 Å². The van der Waals surface area contributed by atoms with E-state index in [0.29, 0.717) is 0 Å². The fraction of sp³-hybridized carbons (Fsp3) is 0.923. The molecule has 1 unspecified atom stereocenters. The summed E-state index contributed by atoms with van der Waals surface area (Å²) in [6, 6.07) is -0.156. The van der Waals surface area contributed by atoms with Gasteiger partial charge in [0.2, 0.25) is 0 Å². The van der Waals surface area contributed by atoms with Crippen LogP contribution in [-0.4, -0.2) is 36.1 Å². The first kappa shape index (κ1) is 15.4. The fourth-order valence-electron chi connectivity index (χ4n) is 1.37. The second-order valence-electron chi connectivity index (χ2n) is 5.40. The number of esters is 1. The number of nitrogens with zero attached hydrogens (tertiary/aromatic N) is 1. The van der Waals surface area contributed by atoms with Gasteiger partial charge in [0.05, 0.1) is 0 Å². The molecule has 0 N–H and O–H groups in total. The van der Waals surface area contributed by atoms with E-state index in [2.05, 4.69) is 11.8 Å². The lowest BCUT2D eigenvalue weighted by Gasteiger charge is -2.27. The Morgan fingerprint density at radius 1 is 1.31 bits per heavy atom. The third kappa shape index (κ3) is 6.83. The highest BCUT2D eigenvalue weighted by Gasteiger charge is 2.24. The monoisotopic (exact) mass is 229 g/mol. The van der Waals surface area contributed by atoms with Crippen LogP contribution < -0.4 is 0 Å². The van der Waals surface area contributed by atoms with Crippen molar-refractivity contribution >= 4 is 5.97 Å². The molecule has 0 heterocycles. The Morgan fingerprint density at radius 3 is 2.31 bits per heavy atom. The maximum atomic E-state index is 11.8. The average molecular weight is 229 g/mol. The summed E-state index contributed by atoms with van der Waals surface area (Å²) in [6.07, 6.45) is 3.56. The highest BCUT2D eigenvalue weighted by atomic mass is 16.6. The van der Waals surface area contributed by atoms with E-state index >= 15 is 0 Å². The summed E-state index contributed by atoms with van der Waals surface area (Å²) in [5, 5.41) is 0. The van der Waals surface area contributed by atoms with Crippen LogP contribution in [0.1, 0.15) is 53.9 Å². The number of hydrogen-bond acceptors (Lipinski definition) is 3. The Kier molecular flexibility index (Phi) is 6.65. The van der Waals surface area contributed by atoms with Crippen LogP contribution in [0.15, 0.2) is 0 Å². The molecule has 1 atom stereocenters. The Bertz CT molecular complexity index is 208. The molecule has 0 bridgehead atoms. The number of likely N-dealkylation sites (N-methyl/N-ethyl adjacent to an activating group) is 1. The molecule has 0 aliphatic carbocycles. The minimum absolute atomic E-state index is 0.133. The molecule has 0 amide bonds. The number of carbonyl (C=O) groups is 1. The molecule has 0 aromatic heterocycles. The molecule has 0 aromatic carbocycles. The molecule has 0 spiro atoms. The number of hydrogen-bond donors (Lipinski definition) is 0. The Morgan fingerprint density at radius 2 is 1.88 bits per heavy atom. The smallest absolute Gasteiger partial charge is 0.323 e. The first-order valence-corrected chi connectivity index (χ1v) is 6.21. The molecule has 0 aliphatic rings. The zero-order valence-corrected chi connectivity index (χ0v) is 11.7. The summed E-state index contributed by atoms with van der Waals surface area (Å²) in [5.41, 5.74) is -0.393. The lowest BCUT2D eigenvalue weighted by molar-refractivity contribution is -0.160. The van der Waals surface area contributed by atoms with E-state index in [0.717, 1.165) is 13.0 Å². The van der Waals surface area contributed by atoms with Crippen LogP contribution in [0.25, 0.3) is 0 Å². The van der Waals surface area contributed by atoms with Gasteiger partial charge in [0.25, 0.3) is 0 Å². The standard InChI is InChI=1S/C13H27NO2/c1-7-8-9-10-14(6)11(2)12(15)16-13(3,4)5/h11H,7-10H2,1-6H3. The first-order chi connectivity index (χ1) is 7.28. The third-order valence-electron chi connectivity index (χ3n) is 2.52. The van der Waals surface area contributed by atoms with Gasteiger partial charge < -0.3 is 4.74 Å². The maximum absolute atomic E-state index is 11.8. The van der Waals surface area contributed by atoms with Crippen LogP contribution in [0.5, 0.6) is 0 Å². The lowest BCUT2D eigenvalue weighted by atomic mass is 10.2. The molecule has 3 nitrogen and oxygen atoms in total. The van der Waals surface area contributed by atoms with Gasteiger partial charge in [-0.25, -0.2) is 0 Å². The van der Waals surface area contributed by atoms with Gasteiger partial charge >= 0.3 is 5.97 Å². The highest BCUT2D eigenvalue weighted by molar-refractivity contribution is 5.75. The minimum Gasteiger partial charge on any atom is -0.459 e. The van der Waals surface area contributed by atoms with E-state index in [9.17, 15) is 4.79 Å². The van der Waals surface area contributed by atoms with Crippen LogP contribution in [0, 0.1) is 0 Å². The molecule has 0 saturated carbocycles. The van der Waals surface area contributed by atoms with Crippen LogP contribution in [0.2, 0.25) is 0 Å². The molecule has 0 aromatic rings. The first-order valence-electron chi connectivity index (χ1n) is 6.21. The van der Waals surface area contributed by atoms with Crippen LogP contribution in [0.4, 0.5) is 0 Å². The molecule has 16 heavy (non-hydrogen) atoms. The van der Waals surface area contributed by atoms with Crippen molar-refractivity contribution in [3.05, 3.63) is 0 Å². The number of unbranched alkanes of at least 4 members (excludes halogenated alkanes) is 2. The average Bonchev–Trinajstić information content (AvgIpc) is 2.14. The molecule has 0 saturated heterocycles. The number of ether oxygens (including phenoxy) is 1. The molecular weight excluding hydrogens is 202 g/mol. The summed E-state index contributed by atoms with van der Waals surface area (Å²) in [4.78, 5) is 13.8. The molecule has 0 rings (SSSR count). The van der Waals surface area contributed by atoms with Crippen molar-refractivity contribution in [1.29, 1.82) is 0 Å². The Balaban J connectivity index is 4.01. The van der Waals surface area contributed by atoms with E-state index in [-0.39, 0.29) is 12.0 Å². The van der Waals surface area contributed by atoms with Gasteiger partial charge in [0, 0.05) is 0 Å². The predicted octanol–water partition coefficient (Wildman–Crippen LogP) is 2.84. The summed E-state index contributed by atoms with van der Waals surface area (Å²) in [5.74, 6) is -0.133. The summed E-state index contributed by atoms with van der Waals surface area (Å²) in [7, 11) is 1.98. The second-order valence-corrected chi connectivity index (χ2v) is 5.40. The van der Waals surface area contributed by atoms with Crippen molar-refractivity contribution in [2.24, 2.45) is 0 Å². The largest absolute Gasteiger partial charge is 0.459 e. The summed E-state index contributed by atoms with van der Waals surface area (Å²) >= 11 is 0. The van der Waals surface area contributed by atoms with Crippen molar-refractivity contribution < 1.29 is 9.53 Å². The lowest BCUT2D eigenvalue weighted by Crippen LogP contribution is -2.40. The van der Waals surface area contributed by atoms with Gasteiger partial charge in [-0.05, 0) is 47.7 Å². The van der Waals surface area contributed by atoms with Crippen molar-refractivity contribution in [3.8, 4) is 0 Å².